The number of amides is 1. The fourth-order valence-corrected chi connectivity index (χ4v) is 4.54. The van der Waals surface area contributed by atoms with E-state index >= 15 is 0 Å². The average molecular weight is 556 g/mol. The van der Waals surface area contributed by atoms with Crippen molar-refractivity contribution >= 4 is 23.0 Å². The highest BCUT2D eigenvalue weighted by molar-refractivity contribution is 5.88. The van der Waals surface area contributed by atoms with Gasteiger partial charge in [-0.05, 0) is 42.7 Å². The van der Waals surface area contributed by atoms with Crippen LogP contribution in [0.2, 0.25) is 0 Å². The number of hydrazine groups is 1. The number of aryl methyl sites for hydroxylation is 2. The van der Waals surface area contributed by atoms with Crippen molar-refractivity contribution in [3.05, 3.63) is 74.1 Å². The van der Waals surface area contributed by atoms with E-state index in [1.54, 1.807) is 26.0 Å². The smallest absolute Gasteiger partial charge is 0.450 e. The first kappa shape index (κ1) is 28.5. The van der Waals surface area contributed by atoms with Crippen LogP contribution < -0.4 is 28.2 Å². The fourth-order valence-electron chi connectivity index (χ4n) is 4.54. The molecule has 3 aromatic rings. The molecular weight excluding hydrogens is 525 g/mol. The normalized spacial score (nSPS) is 12.3. The molecule has 8 N–H and O–H groups in total. The summed E-state index contributed by atoms with van der Waals surface area (Å²) in [5.74, 6) is 5.49. The van der Waals surface area contributed by atoms with Gasteiger partial charge in [-0.25, -0.2) is 20.0 Å². The molecule has 40 heavy (non-hydrogen) atoms. The Morgan fingerprint density at radius 3 is 2.70 bits per heavy atom. The highest BCUT2D eigenvalue weighted by Gasteiger charge is 2.28. The van der Waals surface area contributed by atoms with E-state index < -0.39 is 17.5 Å². The number of hydrogen-bond acceptors (Lipinski definition) is 10. The average Bonchev–Trinajstić information content (AvgIpc) is 3.25. The number of nitrogens with one attached hydrogen (secondary N) is 1. The standard InChI is InChI=1S/C26H30FN7O6/c1-13-4-22-24-18(9-34(22)25(36)19(13)11-40-26(37)38)17(16-3-14(2)20(27)5-21(16)32-24)8-33(30)7-15(29)10-39-12-31-23(35)6-28/h3-5,7H,6,8-12,28-30H2,1-2H3,(H,31,35)(H,37,38)/b15-7-. The molecule has 0 saturated heterocycles. The van der Waals surface area contributed by atoms with Gasteiger partial charge in [0.05, 0.1) is 54.4 Å². The molecule has 0 fully saturated rings. The highest BCUT2D eigenvalue weighted by atomic mass is 19.1. The van der Waals surface area contributed by atoms with Gasteiger partial charge in [0.1, 0.15) is 19.2 Å². The van der Waals surface area contributed by atoms with Crippen molar-refractivity contribution in [1.82, 2.24) is 19.9 Å². The molecular formula is C26H30FN7O6. The van der Waals surface area contributed by atoms with Crippen molar-refractivity contribution in [1.29, 1.82) is 0 Å². The van der Waals surface area contributed by atoms with Gasteiger partial charge in [-0.3, -0.25) is 9.59 Å². The highest BCUT2D eigenvalue weighted by Crippen LogP contribution is 2.37. The number of aromatic nitrogens is 2. The topological polar surface area (TPSA) is 201 Å². The van der Waals surface area contributed by atoms with Gasteiger partial charge in [-0.2, -0.15) is 0 Å². The number of carbonyl (C=O) groups excluding carboxylic acids is 1. The van der Waals surface area contributed by atoms with Gasteiger partial charge in [-0.15, -0.1) is 0 Å². The molecule has 0 radical (unpaired) electrons. The summed E-state index contributed by atoms with van der Waals surface area (Å²) in [5, 5.41) is 13.3. The van der Waals surface area contributed by atoms with Gasteiger partial charge in [0, 0.05) is 23.2 Å². The third-order valence-electron chi connectivity index (χ3n) is 6.50. The molecule has 1 aromatic carbocycles. The summed E-state index contributed by atoms with van der Waals surface area (Å²) in [6, 6.07) is 4.76. The van der Waals surface area contributed by atoms with E-state index in [-0.39, 0.29) is 56.7 Å². The second kappa shape index (κ2) is 11.7. The molecule has 0 unspecified atom stereocenters. The third kappa shape index (κ3) is 5.88. The summed E-state index contributed by atoms with van der Waals surface area (Å²) in [6.07, 6.45) is -0.0132. The molecule has 1 aliphatic rings. The summed E-state index contributed by atoms with van der Waals surface area (Å²) in [5.41, 5.74) is 15.2. The maximum atomic E-state index is 14.5. The number of nitrogens with two attached hydrogens (primary N) is 3. The van der Waals surface area contributed by atoms with Crippen molar-refractivity contribution in [2.45, 2.75) is 33.5 Å². The Labute approximate surface area is 227 Å². The number of rotatable bonds is 10. The zero-order valence-electron chi connectivity index (χ0n) is 22.0. The number of carbonyl (C=O) groups is 2. The number of pyridine rings is 2. The van der Waals surface area contributed by atoms with E-state index in [1.807, 2.05) is 0 Å². The first-order valence-corrected chi connectivity index (χ1v) is 12.2. The van der Waals surface area contributed by atoms with Crippen LogP contribution in [0.1, 0.15) is 27.8 Å². The fraction of sp³-hybridized carbons (Fsp3) is 0.308. The molecule has 3 heterocycles. The Kier molecular flexibility index (Phi) is 8.32. The van der Waals surface area contributed by atoms with Gasteiger partial charge in [0.25, 0.3) is 5.56 Å². The first-order chi connectivity index (χ1) is 19.0. The Bertz CT molecular complexity index is 1590. The lowest BCUT2D eigenvalue weighted by Gasteiger charge is -2.19. The summed E-state index contributed by atoms with van der Waals surface area (Å²) < 4.78 is 26.0. The Balaban J connectivity index is 1.70. The van der Waals surface area contributed by atoms with Crippen molar-refractivity contribution in [3.63, 3.8) is 0 Å². The molecule has 0 bridgehead atoms. The Morgan fingerprint density at radius 2 is 2.00 bits per heavy atom. The molecule has 0 aliphatic carbocycles. The maximum Gasteiger partial charge on any atom is 0.506 e. The van der Waals surface area contributed by atoms with E-state index in [2.05, 4.69) is 10.1 Å². The van der Waals surface area contributed by atoms with Crippen LogP contribution in [0, 0.1) is 19.7 Å². The lowest BCUT2D eigenvalue weighted by atomic mass is 9.98. The summed E-state index contributed by atoms with van der Waals surface area (Å²) in [6.45, 7) is 2.97. The van der Waals surface area contributed by atoms with Crippen LogP contribution >= 0.6 is 0 Å². The quantitative estimate of drug-likeness (QED) is 0.0612. The Morgan fingerprint density at radius 1 is 1.25 bits per heavy atom. The van der Waals surface area contributed by atoms with Crippen molar-refractivity contribution in [2.75, 3.05) is 19.9 Å². The van der Waals surface area contributed by atoms with Crippen LogP contribution in [-0.4, -0.2) is 51.6 Å². The summed E-state index contributed by atoms with van der Waals surface area (Å²) >= 11 is 0. The van der Waals surface area contributed by atoms with Crippen molar-refractivity contribution in [3.8, 4) is 11.4 Å². The van der Waals surface area contributed by atoms with Crippen LogP contribution in [0.3, 0.4) is 0 Å². The molecule has 212 valence electrons. The van der Waals surface area contributed by atoms with Crippen molar-refractivity contribution < 1.29 is 28.6 Å². The number of ether oxygens (including phenoxy) is 2. The summed E-state index contributed by atoms with van der Waals surface area (Å²) in [4.78, 5) is 40.1. The lowest BCUT2D eigenvalue weighted by Crippen LogP contribution is -2.33. The maximum absolute atomic E-state index is 14.5. The second-order valence-electron chi connectivity index (χ2n) is 9.35. The van der Waals surface area contributed by atoms with Crippen LogP contribution in [0.4, 0.5) is 9.18 Å². The molecule has 1 amide bonds. The van der Waals surface area contributed by atoms with E-state index in [1.165, 1.54) is 21.8 Å². The van der Waals surface area contributed by atoms with E-state index in [0.717, 1.165) is 11.1 Å². The minimum absolute atomic E-state index is 0.0145. The van der Waals surface area contributed by atoms with Crippen LogP contribution in [0.5, 0.6) is 0 Å². The van der Waals surface area contributed by atoms with E-state index in [4.69, 9.17) is 32.1 Å². The van der Waals surface area contributed by atoms with Crippen LogP contribution in [-0.2, 0) is 34.0 Å². The number of hydrogen-bond donors (Lipinski definition) is 5. The molecule has 14 heteroatoms. The lowest BCUT2D eigenvalue weighted by molar-refractivity contribution is -0.121. The predicted octanol–water partition coefficient (Wildman–Crippen LogP) is 0.901. The molecule has 0 atom stereocenters. The van der Waals surface area contributed by atoms with Gasteiger partial charge in [0.2, 0.25) is 5.91 Å². The molecule has 0 saturated carbocycles. The minimum atomic E-state index is -1.48. The minimum Gasteiger partial charge on any atom is -0.450 e. The van der Waals surface area contributed by atoms with Crippen molar-refractivity contribution in [2.24, 2.45) is 17.3 Å². The number of fused-ring (bicyclic) bond motifs is 4. The van der Waals surface area contributed by atoms with E-state index in [0.29, 0.717) is 33.4 Å². The SMILES string of the molecule is Cc1cc2c(CN(N)/C=C(\N)COCNC(=O)CN)c3c(nc2cc1F)-c1cc(C)c(COC(=O)O)c(=O)n1C3. The van der Waals surface area contributed by atoms with Gasteiger partial charge >= 0.3 is 6.16 Å². The number of halogens is 1. The molecule has 4 rings (SSSR count). The predicted molar refractivity (Wildman–Crippen MR) is 143 cm³/mol. The largest absolute Gasteiger partial charge is 0.506 e. The zero-order chi connectivity index (χ0) is 29.1. The van der Waals surface area contributed by atoms with Crippen LogP contribution in [0.15, 0.2) is 34.9 Å². The zero-order valence-corrected chi connectivity index (χ0v) is 22.0. The molecule has 2 aromatic heterocycles. The summed E-state index contributed by atoms with van der Waals surface area (Å²) in [7, 11) is 0. The molecule has 1 aliphatic heterocycles. The van der Waals surface area contributed by atoms with E-state index in [9.17, 15) is 18.8 Å². The number of benzene rings is 1. The van der Waals surface area contributed by atoms with Crippen LogP contribution in [0.25, 0.3) is 22.3 Å². The first-order valence-electron chi connectivity index (χ1n) is 12.2. The molecule has 13 nitrogen and oxygen atoms in total. The number of carboxylic acid groups (broad SMARTS) is 1. The van der Waals surface area contributed by atoms with Gasteiger partial charge in [0.15, 0.2) is 0 Å². The van der Waals surface area contributed by atoms with Gasteiger partial charge < -0.3 is 40.9 Å². The van der Waals surface area contributed by atoms with Gasteiger partial charge in [-0.1, -0.05) is 0 Å². The molecule has 0 spiro atoms. The third-order valence-corrected chi connectivity index (χ3v) is 6.50. The second-order valence-corrected chi connectivity index (χ2v) is 9.35. The number of nitrogens with zero attached hydrogens (tertiary/aromatic N) is 3. The monoisotopic (exact) mass is 555 g/mol. The Hall–Kier alpha value is -4.53.